The molecule has 0 bridgehead atoms. The molecule has 5 heteroatoms. The summed E-state index contributed by atoms with van der Waals surface area (Å²) in [6, 6.07) is 3.58. The first-order valence-corrected chi connectivity index (χ1v) is 5.93. The number of benzene rings is 1. The molecular weight excluding hydrogens is 250 g/mol. The van der Waals surface area contributed by atoms with Crippen molar-refractivity contribution in [2.75, 3.05) is 0 Å². The molecule has 0 saturated heterocycles. The van der Waals surface area contributed by atoms with Crippen LogP contribution in [0.15, 0.2) is 22.6 Å². The number of hydrogen-bond acceptors (Lipinski definition) is 3. The van der Waals surface area contributed by atoms with Gasteiger partial charge in [0, 0.05) is 11.1 Å². The summed E-state index contributed by atoms with van der Waals surface area (Å²) in [7, 11) is 0. The van der Waals surface area contributed by atoms with Gasteiger partial charge in [0.2, 0.25) is 0 Å². The van der Waals surface area contributed by atoms with Crippen molar-refractivity contribution in [3.8, 4) is 0 Å². The topological polar surface area (TPSA) is 51.2 Å². The van der Waals surface area contributed by atoms with E-state index in [-0.39, 0.29) is 5.56 Å². The van der Waals surface area contributed by atoms with Crippen molar-refractivity contribution in [3.05, 3.63) is 58.0 Å². The maximum atomic E-state index is 14.2. The molecule has 0 aliphatic carbocycles. The van der Waals surface area contributed by atoms with Gasteiger partial charge in [0.05, 0.1) is 6.04 Å². The van der Waals surface area contributed by atoms with Crippen LogP contribution in [0.5, 0.6) is 0 Å². The summed E-state index contributed by atoms with van der Waals surface area (Å²) in [6.45, 7) is 5.09. The van der Waals surface area contributed by atoms with Gasteiger partial charge in [-0.05, 0) is 38.5 Å². The Balaban J connectivity index is 2.61. The molecular formula is C14H16F2N2O. The SMILES string of the molecule is Cc1cc(C(NN)c2c(F)ccc(C)c2F)c(C)o1. The van der Waals surface area contributed by atoms with Gasteiger partial charge in [0.25, 0.3) is 0 Å². The van der Waals surface area contributed by atoms with Crippen LogP contribution in [0.2, 0.25) is 0 Å². The predicted molar refractivity (Wildman–Crippen MR) is 68.4 cm³/mol. The molecule has 1 unspecified atom stereocenters. The van der Waals surface area contributed by atoms with Crippen LogP contribution in [0.3, 0.4) is 0 Å². The summed E-state index contributed by atoms with van der Waals surface area (Å²) >= 11 is 0. The average Bonchev–Trinajstić information content (AvgIpc) is 2.69. The molecule has 0 aliphatic heterocycles. The maximum Gasteiger partial charge on any atom is 0.134 e. The van der Waals surface area contributed by atoms with E-state index < -0.39 is 17.7 Å². The number of aryl methyl sites for hydroxylation is 3. The van der Waals surface area contributed by atoms with Crippen LogP contribution in [0.4, 0.5) is 8.78 Å². The van der Waals surface area contributed by atoms with Crippen molar-refractivity contribution in [3.63, 3.8) is 0 Å². The Morgan fingerprint density at radius 1 is 1.21 bits per heavy atom. The quantitative estimate of drug-likeness (QED) is 0.663. The minimum Gasteiger partial charge on any atom is -0.466 e. The van der Waals surface area contributed by atoms with Crippen molar-refractivity contribution in [1.29, 1.82) is 0 Å². The molecule has 1 aromatic heterocycles. The Hall–Kier alpha value is -1.72. The number of hydrogen-bond donors (Lipinski definition) is 2. The Labute approximate surface area is 110 Å². The van der Waals surface area contributed by atoms with Gasteiger partial charge in [-0.3, -0.25) is 5.84 Å². The number of halogens is 2. The lowest BCUT2D eigenvalue weighted by molar-refractivity contribution is 0.481. The van der Waals surface area contributed by atoms with Crippen LogP contribution in [0, 0.1) is 32.4 Å². The fourth-order valence-electron chi connectivity index (χ4n) is 2.21. The largest absolute Gasteiger partial charge is 0.466 e. The van der Waals surface area contributed by atoms with Crippen LogP contribution < -0.4 is 11.3 Å². The predicted octanol–water partition coefficient (Wildman–Crippen LogP) is 3.04. The summed E-state index contributed by atoms with van der Waals surface area (Å²) in [5, 5.41) is 0. The van der Waals surface area contributed by atoms with Crippen molar-refractivity contribution in [2.45, 2.75) is 26.8 Å². The molecule has 0 radical (unpaired) electrons. The Kier molecular flexibility index (Phi) is 3.68. The molecule has 3 N–H and O–H groups in total. The zero-order valence-corrected chi connectivity index (χ0v) is 11.1. The third kappa shape index (κ3) is 2.39. The molecule has 2 aromatic rings. The summed E-state index contributed by atoms with van der Waals surface area (Å²) in [5.74, 6) is 5.50. The highest BCUT2D eigenvalue weighted by molar-refractivity contribution is 5.38. The molecule has 2 rings (SSSR count). The zero-order valence-electron chi connectivity index (χ0n) is 11.1. The van der Waals surface area contributed by atoms with Gasteiger partial charge >= 0.3 is 0 Å². The number of furan rings is 1. The first kappa shape index (κ1) is 13.7. The smallest absolute Gasteiger partial charge is 0.134 e. The first-order chi connectivity index (χ1) is 8.95. The monoisotopic (exact) mass is 266 g/mol. The Morgan fingerprint density at radius 3 is 2.42 bits per heavy atom. The highest BCUT2D eigenvalue weighted by Crippen LogP contribution is 2.31. The van der Waals surface area contributed by atoms with E-state index in [4.69, 9.17) is 10.3 Å². The maximum absolute atomic E-state index is 14.2. The third-order valence-corrected chi connectivity index (χ3v) is 3.17. The van der Waals surface area contributed by atoms with Crippen LogP contribution in [-0.4, -0.2) is 0 Å². The van der Waals surface area contributed by atoms with E-state index in [0.717, 1.165) is 0 Å². The molecule has 0 saturated carbocycles. The van der Waals surface area contributed by atoms with Gasteiger partial charge in [-0.1, -0.05) is 6.07 Å². The zero-order chi connectivity index (χ0) is 14.2. The lowest BCUT2D eigenvalue weighted by atomic mass is 9.96. The van der Waals surface area contributed by atoms with Gasteiger partial charge < -0.3 is 4.42 Å². The van der Waals surface area contributed by atoms with Crippen molar-refractivity contribution < 1.29 is 13.2 Å². The van der Waals surface area contributed by atoms with Gasteiger partial charge in [0.15, 0.2) is 0 Å². The summed E-state index contributed by atoms with van der Waals surface area (Å²) in [5.41, 5.74) is 3.36. The van der Waals surface area contributed by atoms with E-state index >= 15 is 0 Å². The van der Waals surface area contributed by atoms with Gasteiger partial charge in [-0.2, -0.15) is 0 Å². The number of nitrogens with two attached hydrogens (primary N) is 1. The van der Waals surface area contributed by atoms with Gasteiger partial charge in [-0.15, -0.1) is 0 Å². The summed E-state index contributed by atoms with van der Waals surface area (Å²) < 4.78 is 33.5. The van der Waals surface area contributed by atoms with Gasteiger partial charge in [-0.25, -0.2) is 14.2 Å². The normalized spacial score (nSPS) is 12.7. The second kappa shape index (κ2) is 5.11. The molecule has 0 spiro atoms. The van der Waals surface area contributed by atoms with E-state index in [9.17, 15) is 8.78 Å². The van der Waals surface area contributed by atoms with Crippen molar-refractivity contribution >= 4 is 0 Å². The minimum absolute atomic E-state index is 0.0913. The molecule has 3 nitrogen and oxygen atoms in total. The van der Waals surface area contributed by atoms with Crippen LogP contribution in [0.25, 0.3) is 0 Å². The third-order valence-electron chi connectivity index (χ3n) is 3.17. The number of rotatable bonds is 3. The molecule has 0 aliphatic rings. The fourth-order valence-corrected chi connectivity index (χ4v) is 2.21. The lowest BCUT2D eigenvalue weighted by Gasteiger charge is -2.18. The second-order valence-corrected chi connectivity index (χ2v) is 4.56. The lowest BCUT2D eigenvalue weighted by Crippen LogP contribution is -2.30. The fraction of sp³-hybridized carbons (Fsp3) is 0.286. The van der Waals surface area contributed by atoms with Crippen LogP contribution in [0.1, 0.15) is 34.3 Å². The second-order valence-electron chi connectivity index (χ2n) is 4.56. The first-order valence-electron chi connectivity index (χ1n) is 5.93. The standard InChI is InChI=1S/C14H16F2N2O/c1-7-4-5-11(15)12(13(7)16)14(18-17)10-6-8(2)19-9(10)3/h4-6,14,18H,17H2,1-3H3. The summed E-state index contributed by atoms with van der Waals surface area (Å²) in [6.07, 6.45) is 0. The van der Waals surface area contributed by atoms with Crippen LogP contribution >= 0.6 is 0 Å². The van der Waals surface area contributed by atoms with E-state index in [0.29, 0.717) is 22.6 Å². The van der Waals surface area contributed by atoms with Crippen molar-refractivity contribution in [1.82, 2.24) is 5.43 Å². The summed E-state index contributed by atoms with van der Waals surface area (Å²) in [4.78, 5) is 0. The molecule has 1 heterocycles. The molecule has 102 valence electrons. The van der Waals surface area contributed by atoms with Crippen molar-refractivity contribution in [2.24, 2.45) is 5.84 Å². The highest BCUT2D eigenvalue weighted by atomic mass is 19.1. The average molecular weight is 266 g/mol. The van der Waals surface area contributed by atoms with Crippen LogP contribution in [-0.2, 0) is 0 Å². The minimum atomic E-state index is -0.780. The molecule has 19 heavy (non-hydrogen) atoms. The van der Waals surface area contributed by atoms with E-state index in [1.807, 2.05) is 0 Å². The van der Waals surface area contributed by atoms with Gasteiger partial charge in [0.1, 0.15) is 23.2 Å². The molecule has 0 amide bonds. The Morgan fingerprint density at radius 2 is 1.89 bits per heavy atom. The van der Waals surface area contributed by atoms with E-state index in [2.05, 4.69) is 5.43 Å². The Bertz CT molecular complexity index is 608. The molecule has 1 aromatic carbocycles. The number of nitrogens with one attached hydrogen (secondary N) is 1. The highest BCUT2D eigenvalue weighted by Gasteiger charge is 2.25. The van der Waals surface area contributed by atoms with E-state index in [1.54, 1.807) is 26.8 Å². The number of hydrazine groups is 1. The molecule has 1 atom stereocenters. The van der Waals surface area contributed by atoms with E-state index in [1.165, 1.54) is 12.1 Å². The molecule has 0 fully saturated rings.